The maximum Gasteiger partial charge on any atom is 0.266 e. The third kappa shape index (κ3) is 8.08. The standard InChI is InChI=1S/C35H35Br2N3O6/c1-43-30-18-24(19-31(20-30)44-2)22-38-40-34(42)35(21-23-4-10-27(36)11-5-23)32(25-6-12-28(37)13-7-25)46-33(39-35)26-8-14-29(15-9-26)45-17-3-16-41/h4-15,18-20,32,38,41H,3,16-17,21-22H2,1-2H3,(H,40,42)/t32-,35-/m0/s1. The van der Waals surface area contributed by atoms with E-state index in [1.807, 2.05) is 84.9 Å². The Balaban J connectivity index is 1.50. The number of hydrogen-bond acceptors (Lipinski definition) is 8. The van der Waals surface area contributed by atoms with Gasteiger partial charge in [-0.25, -0.2) is 10.4 Å². The lowest BCUT2D eigenvalue weighted by atomic mass is 9.82. The van der Waals surface area contributed by atoms with E-state index in [9.17, 15) is 4.79 Å². The quantitative estimate of drug-likeness (QED) is 0.102. The highest BCUT2D eigenvalue weighted by Gasteiger charge is 2.53. The summed E-state index contributed by atoms with van der Waals surface area (Å²) in [6.07, 6.45) is 0.0748. The van der Waals surface area contributed by atoms with Crippen molar-refractivity contribution in [1.82, 2.24) is 10.9 Å². The van der Waals surface area contributed by atoms with E-state index in [-0.39, 0.29) is 18.9 Å². The van der Waals surface area contributed by atoms with Crippen molar-refractivity contribution in [3.05, 3.63) is 122 Å². The lowest BCUT2D eigenvalue weighted by molar-refractivity contribution is -0.130. The summed E-state index contributed by atoms with van der Waals surface area (Å²) >= 11 is 7.03. The van der Waals surface area contributed by atoms with E-state index in [2.05, 4.69) is 42.7 Å². The van der Waals surface area contributed by atoms with Gasteiger partial charge in [0.25, 0.3) is 5.91 Å². The van der Waals surface area contributed by atoms with Gasteiger partial charge in [-0.1, -0.05) is 56.1 Å². The molecule has 1 aliphatic heterocycles. The molecule has 9 nitrogen and oxygen atoms in total. The minimum Gasteiger partial charge on any atom is -0.497 e. The SMILES string of the molecule is COc1cc(CNNC(=O)[C@@]2(Cc3ccc(Br)cc3)N=C(c3ccc(OCCCO)cc3)O[C@H]2c2ccc(Br)cc2)cc(OC)c1. The van der Waals surface area contributed by atoms with Gasteiger partial charge in [-0.05, 0) is 77.4 Å². The Labute approximate surface area is 285 Å². The smallest absolute Gasteiger partial charge is 0.266 e. The van der Waals surface area contributed by atoms with Crippen molar-refractivity contribution >= 4 is 43.7 Å². The van der Waals surface area contributed by atoms with Crippen LogP contribution < -0.4 is 25.1 Å². The highest BCUT2D eigenvalue weighted by atomic mass is 79.9. The lowest BCUT2D eigenvalue weighted by Crippen LogP contribution is -2.53. The number of nitrogens with one attached hydrogen (secondary N) is 2. The number of rotatable bonds is 14. The zero-order valence-corrected chi connectivity index (χ0v) is 28.6. The molecule has 0 saturated carbocycles. The third-order valence-electron chi connectivity index (χ3n) is 7.50. The van der Waals surface area contributed by atoms with Gasteiger partial charge in [-0.2, -0.15) is 0 Å². The molecule has 0 spiro atoms. The van der Waals surface area contributed by atoms with Gasteiger partial charge in [0.2, 0.25) is 5.90 Å². The van der Waals surface area contributed by atoms with Gasteiger partial charge in [0, 0.05) is 46.6 Å². The molecular weight excluding hydrogens is 718 g/mol. The first-order valence-electron chi connectivity index (χ1n) is 14.7. The number of nitrogens with zero attached hydrogens (tertiary/aromatic N) is 1. The van der Waals surface area contributed by atoms with Gasteiger partial charge in [0.15, 0.2) is 11.6 Å². The number of ether oxygens (including phenoxy) is 4. The molecule has 1 aliphatic rings. The van der Waals surface area contributed by atoms with Crippen LogP contribution in [0.2, 0.25) is 0 Å². The number of hydrazine groups is 1. The Kier molecular flexibility index (Phi) is 11.3. The van der Waals surface area contributed by atoms with Crippen LogP contribution in [0.15, 0.2) is 105 Å². The third-order valence-corrected chi connectivity index (χ3v) is 8.55. The van der Waals surface area contributed by atoms with Crippen molar-refractivity contribution in [2.45, 2.75) is 31.0 Å². The van der Waals surface area contributed by atoms with Crippen LogP contribution in [0.3, 0.4) is 0 Å². The highest BCUT2D eigenvalue weighted by molar-refractivity contribution is 9.10. The number of halogens is 2. The monoisotopic (exact) mass is 751 g/mol. The summed E-state index contributed by atoms with van der Waals surface area (Å²) in [6, 6.07) is 28.4. The van der Waals surface area contributed by atoms with Gasteiger partial charge in [0.05, 0.1) is 20.8 Å². The lowest BCUT2D eigenvalue weighted by Gasteiger charge is -2.31. The Morgan fingerprint density at radius 3 is 2.11 bits per heavy atom. The van der Waals surface area contributed by atoms with Crippen LogP contribution >= 0.6 is 31.9 Å². The first-order valence-corrected chi connectivity index (χ1v) is 16.3. The number of benzene rings is 4. The molecule has 240 valence electrons. The van der Waals surface area contributed by atoms with Crippen LogP contribution in [0, 0.1) is 0 Å². The number of hydrogen-bond donors (Lipinski definition) is 3. The van der Waals surface area contributed by atoms with Crippen molar-refractivity contribution in [3.8, 4) is 17.2 Å². The molecule has 1 heterocycles. The van der Waals surface area contributed by atoms with Crippen LogP contribution in [-0.2, 0) is 22.5 Å². The first-order chi connectivity index (χ1) is 22.3. The molecule has 0 radical (unpaired) electrons. The second-order valence-corrected chi connectivity index (χ2v) is 12.5. The van der Waals surface area contributed by atoms with Gasteiger partial charge in [0.1, 0.15) is 17.2 Å². The molecule has 0 fully saturated rings. The molecule has 1 amide bonds. The molecule has 2 atom stereocenters. The van der Waals surface area contributed by atoms with E-state index >= 15 is 0 Å². The van der Waals surface area contributed by atoms with E-state index in [0.717, 1.165) is 25.6 Å². The molecule has 0 unspecified atom stereocenters. The van der Waals surface area contributed by atoms with Crippen molar-refractivity contribution in [3.63, 3.8) is 0 Å². The van der Waals surface area contributed by atoms with Gasteiger partial charge < -0.3 is 24.1 Å². The Bertz CT molecular complexity index is 1630. The fourth-order valence-electron chi connectivity index (χ4n) is 5.14. The number of aliphatic hydroxyl groups excluding tert-OH is 1. The average Bonchev–Trinajstić information content (AvgIpc) is 3.46. The number of amides is 1. The van der Waals surface area contributed by atoms with Gasteiger partial charge in [-0.15, -0.1) is 0 Å². The van der Waals surface area contributed by atoms with E-state index in [0.29, 0.717) is 48.3 Å². The van der Waals surface area contributed by atoms with E-state index in [4.69, 9.17) is 29.0 Å². The topological polar surface area (TPSA) is 111 Å². The number of carbonyl (C=O) groups excluding carboxylic acids is 1. The summed E-state index contributed by atoms with van der Waals surface area (Å²) in [5.74, 6) is 1.95. The minimum atomic E-state index is -1.37. The van der Waals surface area contributed by atoms with Crippen molar-refractivity contribution in [2.75, 3.05) is 27.4 Å². The summed E-state index contributed by atoms with van der Waals surface area (Å²) in [7, 11) is 3.19. The highest BCUT2D eigenvalue weighted by Crippen LogP contribution is 2.43. The van der Waals surface area contributed by atoms with Gasteiger partial charge in [-0.3, -0.25) is 10.2 Å². The molecule has 4 aromatic carbocycles. The van der Waals surface area contributed by atoms with Crippen molar-refractivity contribution in [2.24, 2.45) is 4.99 Å². The van der Waals surface area contributed by atoms with E-state index < -0.39 is 11.6 Å². The Hall–Kier alpha value is -3.90. The van der Waals surface area contributed by atoms with Crippen molar-refractivity contribution < 1.29 is 28.8 Å². The predicted molar refractivity (Wildman–Crippen MR) is 183 cm³/mol. The normalized spacial score (nSPS) is 17.2. The summed E-state index contributed by atoms with van der Waals surface area (Å²) in [5, 5.41) is 9.07. The number of aliphatic hydroxyl groups is 1. The van der Waals surface area contributed by atoms with Crippen LogP contribution in [0.1, 0.15) is 34.8 Å². The molecule has 3 N–H and O–H groups in total. The maximum absolute atomic E-state index is 14.4. The van der Waals surface area contributed by atoms with Crippen molar-refractivity contribution in [1.29, 1.82) is 0 Å². The molecule has 0 aliphatic carbocycles. The summed E-state index contributed by atoms with van der Waals surface area (Å²) < 4.78 is 24.9. The Morgan fingerprint density at radius 2 is 1.50 bits per heavy atom. The zero-order chi connectivity index (χ0) is 32.5. The molecule has 46 heavy (non-hydrogen) atoms. The molecular formula is C35H35Br2N3O6. The Morgan fingerprint density at radius 1 is 0.870 bits per heavy atom. The van der Waals surface area contributed by atoms with Crippen LogP contribution in [0.25, 0.3) is 0 Å². The minimum absolute atomic E-state index is 0.0608. The van der Waals surface area contributed by atoms with Gasteiger partial charge >= 0.3 is 0 Å². The van der Waals surface area contributed by atoms with Crippen LogP contribution in [0.4, 0.5) is 0 Å². The second-order valence-electron chi connectivity index (χ2n) is 10.7. The second kappa shape index (κ2) is 15.6. The first kappa shape index (κ1) is 33.5. The predicted octanol–water partition coefficient (Wildman–Crippen LogP) is 6.31. The fourth-order valence-corrected chi connectivity index (χ4v) is 5.67. The van der Waals surface area contributed by atoms with E-state index in [1.54, 1.807) is 20.3 Å². The molecule has 5 rings (SSSR count). The number of methoxy groups -OCH3 is 2. The summed E-state index contributed by atoms with van der Waals surface area (Å²) in [5.41, 5.74) is 7.92. The maximum atomic E-state index is 14.4. The van der Waals surface area contributed by atoms with Crippen LogP contribution in [-0.4, -0.2) is 49.9 Å². The molecule has 0 aromatic heterocycles. The fraction of sp³-hybridized carbons (Fsp3) is 0.257. The number of aliphatic imine (C=N–C) groups is 1. The van der Waals surface area contributed by atoms with E-state index in [1.165, 1.54) is 0 Å². The zero-order valence-electron chi connectivity index (χ0n) is 25.5. The summed E-state index contributed by atoms with van der Waals surface area (Å²) in [4.78, 5) is 19.5. The molecule has 0 bridgehead atoms. The van der Waals surface area contributed by atoms with Crippen LogP contribution in [0.5, 0.6) is 17.2 Å². The summed E-state index contributed by atoms with van der Waals surface area (Å²) in [6.45, 7) is 0.780. The molecule has 4 aromatic rings. The number of carbonyl (C=O) groups is 1. The average molecular weight is 753 g/mol. The largest absolute Gasteiger partial charge is 0.497 e. The molecule has 0 saturated heterocycles. The molecule has 11 heteroatoms.